The summed E-state index contributed by atoms with van der Waals surface area (Å²) in [5.41, 5.74) is 6.76. The van der Waals surface area contributed by atoms with E-state index in [1.807, 2.05) is 12.4 Å². The van der Waals surface area contributed by atoms with Gasteiger partial charge in [-0.3, -0.25) is 0 Å². The van der Waals surface area contributed by atoms with Crippen molar-refractivity contribution < 1.29 is 0 Å². The minimum absolute atomic E-state index is 0.619. The summed E-state index contributed by atoms with van der Waals surface area (Å²) in [4.78, 5) is 11.1. The van der Waals surface area contributed by atoms with Crippen LogP contribution in [0.5, 0.6) is 0 Å². The fourth-order valence-electron chi connectivity index (χ4n) is 2.18. The van der Waals surface area contributed by atoms with E-state index in [1.54, 1.807) is 0 Å². The van der Waals surface area contributed by atoms with E-state index in [9.17, 15) is 0 Å². The van der Waals surface area contributed by atoms with Crippen LogP contribution in [0, 0.1) is 0 Å². The molecule has 0 saturated carbocycles. The minimum atomic E-state index is 0.619. The summed E-state index contributed by atoms with van der Waals surface area (Å²) in [5, 5.41) is 0. The van der Waals surface area contributed by atoms with Crippen LogP contribution in [0.3, 0.4) is 0 Å². The van der Waals surface area contributed by atoms with Gasteiger partial charge in [0, 0.05) is 18.8 Å². The van der Waals surface area contributed by atoms with Crippen molar-refractivity contribution in [1.82, 2.24) is 14.9 Å². The molecule has 0 aliphatic carbocycles. The molecule has 0 spiro atoms. The first-order chi connectivity index (χ1) is 7.79. The van der Waals surface area contributed by atoms with Crippen LogP contribution in [0.2, 0.25) is 0 Å². The molecule has 16 heavy (non-hydrogen) atoms. The fraction of sp³-hybridized carbons (Fsp3) is 0.667. The van der Waals surface area contributed by atoms with Gasteiger partial charge in [-0.05, 0) is 51.0 Å². The second kappa shape index (κ2) is 5.37. The van der Waals surface area contributed by atoms with E-state index in [4.69, 9.17) is 5.73 Å². The number of rotatable bonds is 3. The molecule has 4 heteroatoms. The van der Waals surface area contributed by atoms with Crippen molar-refractivity contribution in [3.05, 3.63) is 23.8 Å². The van der Waals surface area contributed by atoms with Gasteiger partial charge >= 0.3 is 0 Å². The molecule has 1 saturated heterocycles. The molecule has 1 aliphatic rings. The van der Waals surface area contributed by atoms with Gasteiger partial charge in [-0.25, -0.2) is 9.97 Å². The molecule has 2 heterocycles. The van der Waals surface area contributed by atoms with Crippen molar-refractivity contribution in [2.45, 2.75) is 25.2 Å². The number of piperidine rings is 1. The smallest absolute Gasteiger partial charge is 0.129 e. The Labute approximate surface area is 96.9 Å². The number of likely N-dealkylation sites (tertiary alicyclic amines) is 1. The van der Waals surface area contributed by atoms with Crippen LogP contribution in [0.15, 0.2) is 12.4 Å². The average Bonchev–Trinajstić information content (AvgIpc) is 2.32. The maximum absolute atomic E-state index is 5.47. The van der Waals surface area contributed by atoms with Crippen LogP contribution in [-0.2, 0) is 6.42 Å². The molecule has 4 nitrogen and oxygen atoms in total. The van der Waals surface area contributed by atoms with Gasteiger partial charge in [0.25, 0.3) is 0 Å². The van der Waals surface area contributed by atoms with Crippen LogP contribution in [0.1, 0.15) is 30.1 Å². The average molecular weight is 220 g/mol. The normalized spacial score (nSPS) is 18.9. The zero-order chi connectivity index (χ0) is 11.4. The first-order valence-corrected chi connectivity index (χ1v) is 5.99. The SMILES string of the molecule is CN1CCC(c2cnc(CCN)nc2)CC1. The first-order valence-electron chi connectivity index (χ1n) is 5.99. The molecule has 2 rings (SSSR count). The Bertz CT molecular complexity index is 314. The Morgan fingerprint density at radius 2 is 1.94 bits per heavy atom. The molecule has 0 unspecified atom stereocenters. The number of nitrogens with two attached hydrogens (primary N) is 1. The Morgan fingerprint density at radius 3 is 2.50 bits per heavy atom. The molecule has 1 aromatic rings. The lowest BCUT2D eigenvalue weighted by molar-refractivity contribution is 0.255. The number of hydrogen-bond acceptors (Lipinski definition) is 4. The van der Waals surface area contributed by atoms with E-state index in [0.29, 0.717) is 12.5 Å². The molecule has 0 atom stereocenters. The highest BCUT2D eigenvalue weighted by Gasteiger charge is 2.18. The van der Waals surface area contributed by atoms with Gasteiger partial charge < -0.3 is 10.6 Å². The molecule has 1 aliphatic heterocycles. The molecule has 2 N–H and O–H groups in total. The van der Waals surface area contributed by atoms with Gasteiger partial charge in [-0.1, -0.05) is 0 Å². The Hall–Kier alpha value is -1.00. The topological polar surface area (TPSA) is 55.0 Å². The lowest BCUT2D eigenvalue weighted by Crippen LogP contribution is -2.29. The van der Waals surface area contributed by atoms with E-state index < -0.39 is 0 Å². The lowest BCUT2D eigenvalue weighted by Gasteiger charge is -2.28. The highest BCUT2D eigenvalue weighted by molar-refractivity contribution is 5.13. The standard InChI is InChI=1S/C12H20N4/c1-16-6-3-10(4-7-16)11-8-14-12(2-5-13)15-9-11/h8-10H,2-7,13H2,1H3. The lowest BCUT2D eigenvalue weighted by atomic mass is 9.91. The number of aromatic nitrogens is 2. The van der Waals surface area contributed by atoms with Crippen molar-refractivity contribution in [1.29, 1.82) is 0 Å². The van der Waals surface area contributed by atoms with Crippen molar-refractivity contribution in [3.8, 4) is 0 Å². The van der Waals surface area contributed by atoms with E-state index in [0.717, 1.165) is 12.2 Å². The van der Waals surface area contributed by atoms with Crippen molar-refractivity contribution >= 4 is 0 Å². The Balaban J connectivity index is 1.98. The summed E-state index contributed by atoms with van der Waals surface area (Å²) in [6, 6.07) is 0. The third-order valence-electron chi connectivity index (χ3n) is 3.28. The summed E-state index contributed by atoms with van der Waals surface area (Å²) >= 11 is 0. The van der Waals surface area contributed by atoms with Gasteiger partial charge in [0.2, 0.25) is 0 Å². The Kier molecular flexibility index (Phi) is 3.85. The minimum Gasteiger partial charge on any atom is -0.330 e. The summed E-state index contributed by atoms with van der Waals surface area (Å²) in [6.07, 6.45) is 7.17. The number of hydrogen-bond donors (Lipinski definition) is 1. The quantitative estimate of drug-likeness (QED) is 0.818. The highest BCUT2D eigenvalue weighted by Crippen LogP contribution is 2.26. The van der Waals surface area contributed by atoms with Gasteiger partial charge in [-0.2, -0.15) is 0 Å². The molecule has 0 radical (unpaired) electrons. The second-order valence-electron chi connectivity index (χ2n) is 4.55. The summed E-state index contributed by atoms with van der Waals surface area (Å²) in [7, 11) is 2.18. The molecular formula is C12H20N4. The Morgan fingerprint density at radius 1 is 1.31 bits per heavy atom. The predicted molar refractivity (Wildman–Crippen MR) is 64.3 cm³/mol. The molecule has 1 fully saturated rings. The molecular weight excluding hydrogens is 200 g/mol. The zero-order valence-corrected chi connectivity index (χ0v) is 9.89. The summed E-state index contributed by atoms with van der Waals surface area (Å²) in [6.45, 7) is 2.97. The van der Waals surface area contributed by atoms with Crippen molar-refractivity contribution in [2.75, 3.05) is 26.7 Å². The van der Waals surface area contributed by atoms with E-state index in [1.165, 1.54) is 31.5 Å². The van der Waals surface area contributed by atoms with Crippen molar-refractivity contribution in [2.24, 2.45) is 5.73 Å². The molecule has 0 amide bonds. The van der Waals surface area contributed by atoms with E-state index in [2.05, 4.69) is 21.9 Å². The molecule has 0 bridgehead atoms. The first kappa shape index (κ1) is 11.5. The third kappa shape index (κ3) is 2.77. The van der Waals surface area contributed by atoms with E-state index in [-0.39, 0.29) is 0 Å². The van der Waals surface area contributed by atoms with Crippen LogP contribution in [0.25, 0.3) is 0 Å². The van der Waals surface area contributed by atoms with Crippen LogP contribution < -0.4 is 5.73 Å². The summed E-state index contributed by atoms with van der Waals surface area (Å²) in [5.74, 6) is 1.50. The largest absolute Gasteiger partial charge is 0.330 e. The molecule has 88 valence electrons. The van der Waals surface area contributed by atoms with Crippen LogP contribution in [0.4, 0.5) is 0 Å². The maximum atomic E-state index is 5.47. The van der Waals surface area contributed by atoms with Crippen LogP contribution in [-0.4, -0.2) is 41.5 Å². The van der Waals surface area contributed by atoms with Gasteiger partial charge in [0.05, 0.1) is 0 Å². The third-order valence-corrected chi connectivity index (χ3v) is 3.28. The molecule has 1 aromatic heterocycles. The van der Waals surface area contributed by atoms with Crippen LogP contribution >= 0.6 is 0 Å². The predicted octanol–water partition coefficient (Wildman–Crippen LogP) is 0.787. The number of nitrogens with zero attached hydrogens (tertiary/aromatic N) is 3. The monoisotopic (exact) mass is 220 g/mol. The maximum Gasteiger partial charge on any atom is 0.129 e. The highest BCUT2D eigenvalue weighted by atomic mass is 15.1. The van der Waals surface area contributed by atoms with Gasteiger partial charge in [0.15, 0.2) is 0 Å². The zero-order valence-electron chi connectivity index (χ0n) is 9.89. The van der Waals surface area contributed by atoms with Gasteiger partial charge in [0.1, 0.15) is 5.82 Å². The fourth-order valence-corrected chi connectivity index (χ4v) is 2.18. The van der Waals surface area contributed by atoms with Gasteiger partial charge in [-0.15, -0.1) is 0 Å². The second-order valence-corrected chi connectivity index (χ2v) is 4.55. The van der Waals surface area contributed by atoms with Crippen molar-refractivity contribution in [3.63, 3.8) is 0 Å². The van der Waals surface area contributed by atoms with E-state index >= 15 is 0 Å². The molecule has 0 aromatic carbocycles. The summed E-state index contributed by atoms with van der Waals surface area (Å²) < 4.78 is 0.